The summed E-state index contributed by atoms with van der Waals surface area (Å²) in [5.74, 6) is -0.302. The van der Waals surface area contributed by atoms with Crippen molar-refractivity contribution in [3.05, 3.63) is 77.1 Å². The normalized spacial score (nSPS) is 11.4. The molecule has 0 fully saturated rings. The number of hydrogen-bond donors (Lipinski definition) is 0. The van der Waals surface area contributed by atoms with Gasteiger partial charge >= 0.3 is 11.7 Å². The summed E-state index contributed by atoms with van der Waals surface area (Å²) in [6.45, 7) is 2.33. The molecule has 0 aliphatic rings. The van der Waals surface area contributed by atoms with Gasteiger partial charge in [0.05, 0.1) is 22.2 Å². The van der Waals surface area contributed by atoms with Gasteiger partial charge in [0.15, 0.2) is 11.5 Å². The molecule has 0 radical (unpaired) electrons. The van der Waals surface area contributed by atoms with Crippen molar-refractivity contribution < 1.29 is 9.13 Å². The Bertz CT molecular complexity index is 1460. The van der Waals surface area contributed by atoms with Crippen molar-refractivity contribution >= 4 is 22.2 Å². The molecule has 5 aromatic rings. The number of fused-ring (bicyclic) bond motifs is 2. The maximum Gasteiger partial charge on any atom is 0.335 e. The fourth-order valence-corrected chi connectivity index (χ4v) is 3.66. The Morgan fingerprint density at radius 1 is 1.07 bits per heavy atom. The highest BCUT2D eigenvalue weighted by Crippen LogP contribution is 2.27. The van der Waals surface area contributed by atoms with Crippen LogP contribution in [0.2, 0.25) is 0 Å². The van der Waals surface area contributed by atoms with E-state index >= 15 is 4.39 Å². The fraction of sp³-hybridized carbons (Fsp3) is 0.136. The number of aryl methyl sites for hydroxylation is 2. The molecule has 8 heteroatoms. The Balaban J connectivity index is 1.58. The summed E-state index contributed by atoms with van der Waals surface area (Å²) in [5.41, 5.74) is 2.55. The molecular weight excluding hydrogens is 385 g/mol. The smallest absolute Gasteiger partial charge is 0.335 e. The van der Waals surface area contributed by atoms with Gasteiger partial charge in [0, 0.05) is 25.9 Å². The van der Waals surface area contributed by atoms with E-state index in [9.17, 15) is 4.79 Å². The first-order valence-corrected chi connectivity index (χ1v) is 9.54. The maximum atomic E-state index is 15.1. The number of imidazole rings is 2. The van der Waals surface area contributed by atoms with Gasteiger partial charge in [-0.15, -0.1) is 0 Å². The van der Waals surface area contributed by atoms with Crippen LogP contribution in [0.4, 0.5) is 4.39 Å². The Kier molecular flexibility index (Phi) is 4.13. The molecule has 0 aliphatic carbocycles. The topological polar surface area (TPSA) is 66.9 Å². The van der Waals surface area contributed by atoms with E-state index in [4.69, 9.17) is 4.74 Å². The van der Waals surface area contributed by atoms with Crippen LogP contribution in [0.3, 0.4) is 0 Å². The number of hydrogen-bond acceptors (Lipinski definition) is 4. The molecule has 0 N–H and O–H groups in total. The number of ether oxygens (including phenoxy) is 1. The van der Waals surface area contributed by atoms with E-state index in [0.29, 0.717) is 23.7 Å². The average Bonchev–Trinajstić information content (AvgIpc) is 3.22. The van der Waals surface area contributed by atoms with Crippen molar-refractivity contribution in [2.24, 2.45) is 7.05 Å². The van der Waals surface area contributed by atoms with Gasteiger partial charge in [0.1, 0.15) is 5.75 Å². The molecule has 0 aliphatic heterocycles. The summed E-state index contributed by atoms with van der Waals surface area (Å²) in [6.07, 6.45) is 1.58. The summed E-state index contributed by atoms with van der Waals surface area (Å²) in [4.78, 5) is 21.6. The monoisotopic (exact) mass is 403 g/mol. The van der Waals surface area contributed by atoms with Gasteiger partial charge in [-0.3, -0.25) is 9.13 Å². The second-order valence-electron chi connectivity index (χ2n) is 6.87. The molecule has 3 heterocycles. The molecule has 0 saturated heterocycles. The third-order valence-electron chi connectivity index (χ3n) is 5.12. The minimum absolute atomic E-state index is 0.119. The molecule has 30 heavy (non-hydrogen) atoms. The van der Waals surface area contributed by atoms with E-state index < -0.39 is 5.82 Å². The van der Waals surface area contributed by atoms with Crippen LogP contribution in [-0.2, 0) is 13.6 Å². The second kappa shape index (κ2) is 6.84. The highest BCUT2D eigenvalue weighted by atomic mass is 19.1. The van der Waals surface area contributed by atoms with Gasteiger partial charge in [-0.1, -0.05) is 12.1 Å². The summed E-state index contributed by atoms with van der Waals surface area (Å²) in [6, 6.07) is 15.9. The number of benzene rings is 2. The lowest BCUT2D eigenvalue weighted by Crippen LogP contribution is -2.23. The lowest BCUT2D eigenvalue weighted by Gasteiger charge is -2.08. The van der Waals surface area contributed by atoms with Gasteiger partial charge in [-0.25, -0.2) is 18.7 Å². The number of para-hydroxylation sites is 2. The van der Waals surface area contributed by atoms with Gasteiger partial charge < -0.3 is 4.74 Å². The molecule has 0 bridgehead atoms. The van der Waals surface area contributed by atoms with Crippen LogP contribution in [-0.4, -0.2) is 23.7 Å². The van der Waals surface area contributed by atoms with Crippen LogP contribution in [0.15, 0.2) is 65.6 Å². The highest BCUT2D eigenvalue weighted by Gasteiger charge is 2.18. The Morgan fingerprint density at radius 3 is 2.63 bits per heavy atom. The summed E-state index contributed by atoms with van der Waals surface area (Å²) < 4.78 is 25.5. The largest absolute Gasteiger partial charge is 0.425 e. The zero-order chi connectivity index (χ0) is 20.8. The minimum Gasteiger partial charge on any atom is -0.425 e. The van der Waals surface area contributed by atoms with Gasteiger partial charge in [-0.2, -0.15) is 4.98 Å². The van der Waals surface area contributed by atoms with Crippen LogP contribution in [0.25, 0.3) is 27.9 Å². The van der Waals surface area contributed by atoms with Crippen LogP contribution >= 0.6 is 0 Å². The molecule has 0 unspecified atom stereocenters. The number of rotatable bonds is 4. The quantitative estimate of drug-likeness (QED) is 0.455. The zero-order valence-corrected chi connectivity index (χ0v) is 16.4. The van der Waals surface area contributed by atoms with Crippen molar-refractivity contribution in [2.75, 3.05) is 0 Å². The molecule has 0 atom stereocenters. The molecule has 150 valence electrons. The fourth-order valence-electron chi connectivity index (χ4n) is 3.66. The standard InChI is InChI=1S/C22H18FN5O2/c1-3-27-19-9-6-12-24-20(19)28(22(27)29)17-11-10-14(13-15(17)23)30-21-25-16-7-4-5-8-18(16)26(21)2/h4-13H,3H2,1-2H3. The number of halogens is 1. The molecule has 2 aromatic carbocycles. The Labute approximate surface area is 170 Å². The molecule has 7 nitrogen and oxygen atoms in total. The van der Waals surface area contributed by atoms with Gasteiger partial charge in [-0.05, 0) is 43.3 Å². The number of nitrogens with zero attached hydrogens (tertiary/aromatic N) is 5. The first kappa shape index (κ1) is 18.1. The maximum absolute atomic E-state index is 15.1. The van der Waals surface area contributed by atoms with Crippen molar-refractivity contribution in [1.82, 2.24) is 23.7 Å². The number of pyridine rings is 1. The molecular formula is C22H18FN5O2. The van der Waals surface area contributed by atoms with E-state index in [-0.39, 0.29) is 17.1 Å². The number of aromatic nitrogens is 5. The van der Waals surface area contributed by atoms with Gasteiger partial charge in [0.2, 0.25) is 0 Å². The molecule has 0 saturated carbocycles. The van der Waals surface area contributed by atoms with Gasteiger partial charge in [0.25, 0.3) is 0 Å². The van der Waals surface area contributed by atoms with E-state index in [1.54, 1.807) is 33.5 Å². The van der Waals surface area contributed by atoms with Crippen molar-refractivity contribution in [3.8, 4) is 17.4 Å². The summed E-state index contributed by atoms with van der Waals surface area (Å²) >= 11 is 0. The van der Waals surface area contributed by atoms with E-state index in [1.165, 1.54) is 16.7 Å². The van der Waals surface area contributed by atoms with Crippen LogP contribution < -0.4 is 10.4 Å². The van der Waals surface area contributed by atoms with Crippen LogP contribution in [0, 0.1) is 5.82 Å². The highest BCUT2D eigenvalue weighted by molar-refractivity contribution is 5.76. The Hall–Kier alpha value is -3.94. The predicted molar refractivity (Wildman–Crippen MR) is 112 cm³/mol. The molecule has 3 aromatic heterocycles. The van der Waals surface area contributed by atoms with Crippen molar-refractivity contribution in [1.29, 1.82) is 0 Å². The minimum atomic E-state index is -0.589. The second-order valence-corrected chi connectivity index (χ2v) is 6.87. The van der Waals surface area contributed by atoms with E-state index in [1.807, 2.05) is 38.2 Å². The lowest BCUT2D eigenvalue weighted by atomic mass is 10.3. The van der Waals surface area contributed by atoms with Crippen molar-refractivity contribution in [3.63, 3.8) is 0 Å². The summed E-state index contributed by atoms with van der Waals surface area (Å²) in [7, 11) is 1.83. The SMILES string of the molecule is CCn1c(=O)n(-c2ccc(Oc3nc4ccccc4n3C)cc2F)c2ncccc21. The van der Waals surface area contributed by atoms with E-state index in [2.05, 4.69) is 9.97 Å². The molecule has 0 amide bonds. The molecule has 0 spiro atoms. The lowest BCUT2D eigenvalue weighted by molar-refractivity contribution is 0.424. The third kappa shape index (κ3) is 2.68. The van der Waals surface area contributed by atoms with E-state index in [0.717, 1.165) is 11.0 Å². The van der Waals surface area contributed by atoms with Crippen LogP contribution in [0.1, 0.15) is 6.92 Å². The zero-order valence-electron chi connectivity index (χ0n) is 16.4. The first-order chi connectivity index (χ1) is 14.6. The molecule has 5 rings (SSSR count). The first-order valence-electron chi connectivity index (χ1n) is 9.54. The summed E-state index contributed by atoms with van der Waals surface area (Å²) in [5, 5.41) is 0. The average molecular weight is 403 g/mol. The van der Waals surface area contributed by atoms with Crippen molar-refractivity contribution in [2.45, 2.75) is 13.5 Å². The third-order valence-corrected chi connectivity index (χ3v) is 5.12. The van der Waals surface area contributed by atoms with Crippen LogP contribution in [0.5, 0.6) is 11.8 Å². The predicted octanol–water partition coefficient (Wildman–Crippen LogP) is 4.03. The Morgan fingerprint density at radius 2 is 1.87 bits per heavy atom.